The topological polar surface area (TPSA) is 63.7 Å². The number of amides is 2. The Bertz CT molecular complexity index is 1040. The molecule has 0 aromatic heterocycles. The zero-order valence-electron chi connectivity index (χ0n) is 15.7. The number of carbonyl (C=O) groups excluding carboxylic acids is 3. The molecule has 1 heterocycles. The maximum atomic E-state index is 13.7. The van der Waals surface area contributed by atoms with E-state index in [0.717, 1.165) is 12.1 Å². The molecule has 0 unspecified atom stereocenters. The number of imide groups is 1. The van der Waals surface area contributed by atoms with E-state index in [4.69, 9.17) is 4.74 Å². The molecule has 0 aliphatic carbocycles. The van der Waals surface area contributed by atoms with Crippen LogP contribution >= 0.6 is 0 Å². The van der Waals surface area contributed by atoms with Gasteiger partial charge in [-0.1, -0.05) is 36.9 Å². The van der Waals surface area contributed by atoms with Crippen LogP contribution in [0.15, 0.2) is 71.8 Å². The van der Waals surface area contributed by atoms with Crippen LogP contribution in [0.2, 0.25) is 0 Å². The largest absolute Gasteiger partial charge is 0.466 e. The van der Waals surface area contributed by atoms with Gasteiger partial charge in [-0.3, -0.25) is 9.59 Å². The van der Waals surface area contributed by atoms with E-state index >= 15 is 0 Å². The Kier molecular flexibility index (Phi) is 5.41. The standard InChI is InChI=1S/C22H17F2NO4/c1-12-19(18(13(2)22(28)29-3)14-7-5-4-6-8-14)21(27)25(20(12)26)17-10-15(23)9-16(24)11-17/h4-11,18H,2H2,1,3H3/t18-/m0/s1. The van der Waals surface area contributed by atoms with Gasteiger partial charge in [0.15, 0.2) is 0 Å². The molecule has 0 saturated carbocycles. The summed E-state index contributed by atoms with van der Waals surface area (Å²) in [7, 11) is 1.18. The van der Waals surface area contributed by atoms with Crippen LogP contribution in [-0.2, 0) is 19.1 Å². The number of hydrogen-bond acceptors (Lipinski definition) is 4. The first kappa shape index (κ1) is 20.1. The lowest BCUT2D eigenvalue weighted by Gasteiger charge is -2.21. The Labute approximate surface area is 165 Å². The van der Waals surface area contributed by atoms with Gasteiger partial charge in [0.05, 0.1) is 12.8 Å². The first-order valence-corrected chi connectivity index (χ1v) is 8.64. The van der Waals surface area contributed by atoms with Gasteiger partial charge >= 0.3 is 5.97 Å². The van der Waals surface area contributed by atoms with Crippen LogP contribution < -0.4 is 4.90 Å². The summed E-state index contributed by atoms with van der Waals surface area (Å²) in [5, 5.41) is 0. The molecule has 148 valence electrons. The number of nitrogens with zero attached hydrogens (tertiary/aromatic N) is 1. The molecular weight excluding hydrogens is 380 g/mol. The Morgan fingerprint density at radius 3 is 2.17 bits per heavy atom. The average Bonchev–Trinajstić information content (AvgIpc) is 2.91. The molecule has 5 nitrogen and oxygen atoms in total. The molecule has 0 saturated heterocycles. The van der Waals surface area contributed by atoms with Crippen LogP contribution in [0.5, 0.6) is 0 Å². The van der Waals surface area contributed by atoms with E-state index in [-0.39, 0.29) is 22.4 Å². The molecule has 0 radical (unpaired) electrons. The second-order valence-corrected chi connectivity index (χ2v) is 6.47. The fourth-order valence-electron chi connectivity index (χ4n) is 3.34. The number of carbonyl (C=O) groups is 3. The van der Waals surface area contributed by atoms with Gasteiger partial charge in [0, 0.05) is 28.7 Å². The number of hydrogen-bond donors (Lipinski definition) is 0. The molecule has 1 aliphatic heterocycles. The maximum absolute atomic E-state index is 13.7. The van der Waals surface area contributed by atoms with Crippen molar-refractivity contribution in [3.8, 4) is 0 Å². The number of ether oxygens (including phenoxy) is 1. The Morgan fingerprint density at radius 1 is 1.03 bits per heavy atom. The smallest absolute Gasteiger partial charge is 0.334 e. The summed E-state index contributed by atoms with van der Waals surface area (Å²) in [5.74, 6) is -5.06. The van der Waals surface area contributed by atoms with Crippen LogP contribution in [-0.4, -0.2) is 24.9 Å². The van der Waals surface area contributed by atoms with Crippen molar-refractivity contribution in [3.05, 3.63) is 89.0 Å². The molecule has 29 heavy (non-hydrogen) atoms. The van der Waals surface area contributed by atoms with Crippen LogP contribution in [0, 0.1) is 11.6 Å². The Balaban J connectivity index is 2.13. The minimum absolute atomic E-state index is 0.00118. The van der Waals surface area contributed by atoms with Crippen molar-refractivity contribution in [2.45, 2.75) is 12.8 Å². The monoisotopic (exact) mass is 397 g/mol. The SMILES string of the molecule is C=C(C(=O)OC)[C@H](C1=C(C)C(=O)N(c2cc(F)cc(F)c2)C1=O)c1ccccc1. The van der Waals surface area contributed by atoms with Gasteiger partial charge in [-0.05, 0) is 24.6 Å². The predicted molar refractivity (Wildman–Crippen MR) is 102 cm³/mol. The highest BCUT2D eigenvalue weighted by atomic mass is 19.1. The summed E-state index contributed by atoms with van der Waals surface area (Å²) in [4.78, 5) is 38.8. The fourth-order valence-corrected chi connectivity index (χ4v) is 3.34. The van der Waals surface area contributed by atoms with E-state index in [1.165, 1.54) is 14.0 Å². The first-order chi connectivity index (χ1) is 13.8. The van der Waals surface area contributed by atoms with Crippen LogP contribution in [0.4, 0.5) is 14.5 Å². The van der Waals surface area contributed by atoms with E-state index < -0.39 is 35.3 Å². The normalized spacial score (nSPS) is 15.0. The molecule has 0 spiro atoms. The summed E-state index contributed by atoms with van der Waals surface area (Å²) in [6.45, 7) is 5.18. The Hall–Kier alpha value is -3.61. The van der Waals surface area contributed by atoms with Gasteiger partial charge in [0.2, 0.25) is 0 Å². The van der Waals surface area contributed by atoms with Crippen LogP contribution in [0.1, 0.15) is 18.4 Å². The van der Waals surface area contributed by atoms with Gasteiger partial charge in [-0.2, -0.15) is 0 Å². The summed E-state index contributed by atoms with van der Waals surface area (Å²) in [6, 6.07) is 11.0. The zero-order valence-corrected chi connectivity index (χ0v) is 15.7. The fraction of sp³-hybridized carbons (Fsp3) is 0.136. The molecule has 2 amide bonds. The minimum atomic E-state index is -0.955. The second kappa shape index (κ2) is 7.79. The lowest BCUT2D eigenvalue weighted by atomic mass is 9.83. The van der Waals surface area contributed by atoms with Crippen molar-refractivity contribution in [3.63, 3.8) is 0 Å². The molecular formula is C22H17F2NO4. The minimum Gasteiger partial charge on any atom is -0.466 e. The van der Waals surface area contributed by atoms with Crippen LogP contribution in [0.3, 0.4) is 0 Å². The summed E-state index contributed by atoms with van der Waals surface area (Å²) in [6.07, 6.45) is 0. The van der Waals surface area contributed by atoms with Crippen molar-refractivity contribution < 1.29 is 27.9 Å². The molecule has 0 fully saturated rings. The number of benzene rings is 2. The highest BCUT2D eigenvalue weighted by molar-refractivity contribution is 6.33. The van der Waals surface area contributed by atoms with Crippen molar-refractivity contribution >= 4 is 23.5 Å². The maximum Gasteiger partial charge on any atom is 0.334 e. The number of halogens is 2. The zero-order chi connectivity index (χ0) is 21.3. The number of esters is 1. The molecule has 7 heteroatoms. The third-order valence-corrected chi connectivity index (χ3v) is 4.68. The lowest BCUT2D eigenvalue weighted by molar-refractivity contribution is -0.136. The summed E-state index contributed by atoms with van der Waals surface area (Å²) < 4.78 is 32.1. The molecule has 3 rings (SSSR count). The molecule has 1 aliphatic rings. The lowest BCUT2D eigenvalue weighted by Crippen LogP contribution is -2.32. The first-order valence-electron chi connectivity index (χ1n) is 8.64. The van der Waals surface area contributed by atoms with Gasteiger partial charge < -0.3 is 4.74 Å². The van der Waals surface area contributed by atoms with E-state index in [9.17, 15) is 23.2 Å². The average molecular weight is 397 g/mol. The predicted octanol–water partition coefficient (Wildman–Crippen LogP) is 3.67. The molecule has 2 aromatic carbocycles. The quantitative estimate of drug-likeness (QED) is 0.439. The van der Waals surface area contributed by atoms with Crippen LogP contribution in [0.25, 0.3) is 0 Å². The van der Waals surface area contributed by atoms with Crippen molar-refractivity contribution in [1.29, 1.82) is 0 Å². The highest BCUT2D eigenvalue weighted by Gasteiger charge is 2.43. The Morgan fingerprint density at radius 2 is 1.62 bits per heavy atom. The summed E-state index contributed by atoms with van der Waals surface area (Å²) >= 11 is 0. The van der Waals surface area contributed by atoms with Gasteiger partial charge in [0.1, 0.15) is 11.6 Å². The van der Waals surface area contributed by atoms with Gasteiger partial charge in [-0.25, -0.2) is 18.5 Å². The molecule has 1 atom stereocenters. The van der Waals surface area contributed by atoms with E-state index in [0.29, 0.717) is 16.5 Å². The number of rotatable bonds is 5. The summed E-state index contributed by atoms with van der Waals surface area (Å²) in [5.41, 5.74) is 0.328. The van der Waals surface area contributed by atoms with E-state index in [1.807, 2.05) is 0 Å². The molecule has 0 N–H and O–H groups in total. The van der Waals surface area contributed by atoms with Gasteiger partial charge in [0.25, 0.3) is 11.8 Å². The number of anilines is 1. The van der Waals surface area contributed by atoms with Crippen molar-refractivity contribution in [1.82, 2.24) is 0 Å². The highest BCUT2D eigenvalue weighted by Crippen LogP contribution is 2.39. The third kappa shape index (κ3) is 3.59. The molecule has 0 bridgehead atoms. The van der Waals surface area contributed by atoms with E-state index in [1.54, 1.807) is 30.3 Å². The third-order valence-electron chi connectivity index (χ3n) is 4.68. The van der Waals surface area contributed by atoms with Gasteiger partial charge in [-0.15, -0.1) is 0 Å². The van der Waals surface area contributed by atoms with Crippen molar-refractivity contribution in [2.75, 3.05) is 12.0 Å². The van der Waals surface area contributed by atoms with E-state index in [2.05, 4.69) is 6.58 Å². The van der Waals surface area contributed by atoms with Crippen molar-refractivity contribution in [2.24, 2.45) is 0 Å². The second-order valence-electron chi connectivity index (χ2n) is 6.47. The number of methoxy groups -OCH3 is 1. The molecule has 2 aromatic rings.